The fraction of sp³-hybridized carbons (Fsp3) is 0.960. The van der Waals surface area contributed by atoms with Crippen LogP contribution in [-0.4, -0.2) is 42.3 Å². The average molecular weight is 427 g/mol. The van der Waals surface area contributed by atoms with Crippen molar-refractivity contribution in [2.45, 2.75) is 111 Å². The van der Waals surface area contributed by atoms with Crippen LogP contribution in [0.5, 0.6) is 0 Å². The number of carbonyl (C=O) groups is 1. The summed E-state index contributed by atoms with van der Waals surface area (Å²) in [7, 11) is 0. The van der Waals surface area contributed by atoms with Crippen LogP contribution < -0.4 is 0 Å². The predicted molar refractivity (Wildman–Crippen MR) is 119 cm³/mol. The Kier molecular flexibility index (Phi) is 9.20. The van der Waals surface area contributed by atoms with E-state index in [2.05, 4.69) is 41.5 Å². The first-order chi connectivity index (χ1) is 13.9. The molecule has 0 aromatic carbocycles. The van der Waals surface area contributed by atoms with Crippen LogP contribution in [0.2, 0.25) is 0 Å². The van der Waals surface area contributed by atoms with Gasteiger partial charge in [-0.15, -0.1) is 0 Å². The van der Waals surface area contributed by atoms with Gasteiger partial charge in [-0.25, -0.2) is 0 Å². The van der Waals surface area contributed by atoms with Crippen LogP contribution in [0.4, 0.5) is 0 Å². The monoisotopic (exact) mass is 426 g/mol. The van der Waals surface area contributed by atoms with Gasteiger partial charge in [0, 0.05) is 31.8 Å². The van der Waals surface area contributed by atoms with E-state index in [-0.39, 0.29) is 30.0 Å². The Balaban J connectivity index is 2.00. The second kappa shape index (κ2) is 10.8. The molecule has 0 unspecified atom stereocenters. The van der Waals surface area contributed by atoms with E-state index < -0.39 is 11.8 Å². The molecule has 0 aromatic rings. The molecule has 1 aliphatic heterocycles. The topological polar surface area (TPSA) is 65.0 Å². The van der Waals surface area contributed by atoms with E-state index in [1.54, 1.807) is 0 Å². The van der Waals surface area contributed by atoms with Crippen LogP contribution in [0.1, 0.15) is 93.4 Å². The molecule has 0 amide bonds. The average Bonchev–Trinajstić information content (AvgIpc) is 2.59. The molecule has 2 rings (SSSR count). The number of hydrogen-bond acceptors (Lipinski definition) is 4. The molecule has 5 heteroatoms. The maximum atomic E-state index is 10.9. The number of carboxylic acid groups (broad SMARTS) is 1. The van der Waals surface area contributed by atoms with Crippen LogP contribution in [0.15, 0.2) is 0 Å². The summed E-state index contributed by atoms with van der Waals surface area (Å²) in [6.07, 6.45) is 6.37. The highest BCUT2D eigenvalue weighted by Crippen LogP contribution is 2.47. The summed E-state index contributed by atoms with van der Waals surface area (Å²) in [4.78, 5) is 10.9. The van der Waals surface area contributed by atoms with Crippen LogP contribution in [-0.2, 0) is 19.0 Å². The van der Waals surface area contributed by atoms with Crippen molar-refractivity contribution in [1.29, 1.82) is 0 Å². The van der Waals surface area contributed by atoms with Gasteiger partial charge in [0.25, 0.3) is 0 Å². The first-order valence-corrected chi connectivity index (χ1v) is 12.1. The number of aliphatic carboxylic acids is 1. The zero-order chi connectivity index (χ0) is 22.5. The van der Waals surface area contributed by atoms with Crippen molar-refractivity contribution >= 4 is 5.97 Å². The molecular formula is C25H46O5. The van der Waals surface area contributed by atoms with Gasteiger partial charge in [0.1, 0.15) is 0 Å². The smallest absolute Gasteiger partial charge is 0.303 e. The number of carboxylic acids is 1. The first kappa shape index (κ1) is 25.6. The Hall–Kier alpha value is -0.650. The number of hydrogen-bond donors (Lipinski definition) is 1. The third-order valence-corrected chi connectivity index (χ3v) is 7.02. The van der Waals surface area contributed by atoms with Gasteiger partial charge >= 0.3 is 5.97 Å². The summed E-state index contributed by atoms with van der Waals surface area (Å²) < 4.78 is 19.5. The van der Waals surface area contributed by atoms with Crippen LogP contribution >= 0.6 is 0 Å². The largest absolute Gasteiger partial charge is 0.481 e. The molecule has 1 saturated carbocycles. The van der Waals surface area contributed by atoms with Crippen molar-refractivity contribution in [2.24, 2.45) is 29.1 Å². The molecule has 1 spiro atoms. The summed E-state index contributed by atoms with van der Waals surface area (Å²) in [5.74, 6) is 0.569. The molecule has 1 aliphatic carbocycles. The summed E-state index contributed by atoms with van der Waals surface area (Å²) in [5.41, 5.74) is 0.00215. The lowest BCUT2D eigenvalue weighted by molar-refractivity contribution is -0.342. The van der Waals surface area contributed by atoms with E-state index in [0.717, 1.165) is 32.3 Å². The quantitative estimate of drug-likeness (QED) is 0.497. The van der Waals surface area contributed by atoms with Crippen molar-refractivity contribution in [1.82, 2.24) is 0 Å². The van der Waals surface area contributed by atoms with E-state index in [9.17, 15) is 4.79 Å². The normalized spacial score (nSPS) is 32.3. The molecule has 1 heterocycles. The van der Waals surface area contributed by atoms with Gasteiger partial charge in [-0.2, -0.15) is 0 Å². The highest BCUT2D eigenvalue weighted by atomic mass is 16.7. The molecule has 5 nitrogen and oxygen atoms in total. The lowest BCUT2D eigenvalue weighted by Crippen LogP contribution is -2.55. The Morgan fingerprint density at radius 1 is 1.20 bits per heavy atom. The molecule has 6 atom stereocenters. The third kappa shape index (κ3) is 7.20. The fourth-order valence-corrected chi connectivity index (χ4v) is 5.19. The summed E-state index contributed by atoms with van der Waals surface area (Å²) >= 11 is 0. The second-order valence-electron chi connectivity index (χ2n) is 11.4. The molecule has 0 radical (unpaired) electrons. The van der Waals surface area contributed by atoms with Gasteiger partial charge in [0.05, 0.1) is 18.8 Å². The van der Waals surface area contributed by atoms with Crippen LogP contribution in [0.25, 0.3) is 0 Å². The Morgan fingerprint density at radius 3 is 2.50 bits per heavy atom. The van der Waals surface area contributed by atoms with E-state index in [1.165, 1.54) is 12.8 Å². The van der Waals surface area contributed by atoms with Gasteiger partial charge in [0.15, 0.2) is 5.79 Å². The second-order valence-corrected chi connectivity index (χ2v) is 11.4. The molecule has 2 fully saturated rings. The Bertz CT molecular complexity index is 540. The standard InChI is InChI=1S/C25H46O5/c1-17(2)21-9-8-19(4)16-25(21)29-13-11-20(30-25)15-22(24(5,6)7)28-12-10-18(3)14-23(26)27/h17-22H,8-16H2,1-7H3,(H,26,27)/t18-,19-,20+,21+,22+,25+/m1/s1. The van der Waals surface area contributed by atoms with Gasteiger partial charge in [-0.05, 0) is 42.4 Å². The summed E-state index contributed by atoms with van der Waals surface area (Å²) in [5, 5.41) is 8.97. The minimum Gasteiger partial charge on any atom is -0.481 e. The van der Waals surface area contributed by atoms with Crippen molar-refractivity contribution in [3.8, 4) is 0 Å². The highest BCUT2D eigenvalue weighted by molar-refractivity contribution is 5.66. The molecule has 0 bridgehead atoms. The summed E-state index contributed by atoms with van der Waals surface area (Å²) in [6.45, 7) is 16.9. The van der Waals surface area contributed by atoms with Gasteiger partial charge in [-0.1, -0.05) is 54.9 Å². The maximum Gasteiger partial charge on any atom is 0.303 e. The van der Waals surface area contributed by atoms with Crippen molar-refractivity contribution in [3.63, 3.8) is 0 Å². The lowest BCUT2D eigenvalue weighted by atomic mass is 9.72. The first-order valence-electron chi connectivity index (χ1n) is 12.1. The van der Waals surface area contributed by atoms with Crippen molar-refractivity contribution in [2.75, 3.05) is 13.2 Å². The molecule has 2 aliphatic rings. The lowest BCUT2D eigenvalue weighted by Gasteiger charge is -2.52. The van der Waals surface area contributed by atoms with Crippen molar-refractivity contribution < 1.29 is 24.1 Å². The molecule has 176 valence electrons. The van der Waals surface area contributed by atoms with Crippen LogP contribution in [0.3, 0.4) is 0 Å². The SMILES string of the molecule is CC(C)[C@@H]1CC[C@@H](C)C[C@@]12OCC[C@@H](C[C@H](OCC[C@@H](C)CC(=O)O)C(C)(C)C)O2. The van der Waals surface area contributed by atoms with E-state index in [1.807, 2.05) is 6.92 Å². The molecule has 30 heavy (non-hydrogen) atoms. The molecular weight excluding hydrogens is 380 g/mol. The maximum absolute atomic E-state index is 10.9. The van der Waals surface area contributed by atoms with Crippen molar-refractivity contribution in [3.05, 3.63) is 0 Å². The zero-order valence-electron chi connectivity index (χ0n) is 20.4. The molecule has 1 N–H and O–H groups in total. The number of rotatable bonds is 9. The Morgan fingerprint density at radius 2 is 1.90 bits per heavy atom. The minimum absolute atomic E-state index is 0.00215. The van der Waals surface area contributed by atoms with Gasteiger partial charge < -0.3 is 19.3 Å². The van der Waals surface area contributed by atoms with E-state index in [0.29, 0.717) is 24.4 Å². The fourth-order valence-electron chi connectivity index (χ4n) is 5.19. The van der Waals surface area contributed by atoms with Gasteiger partial charge in [-0.3, -0.25) is 4.79 Å². The molecule has 1 saturated heterocycles. The van der Waals surface area contributed by atoms with E-state index >= 15 is 0 Å². The van der Waals surface area contributed by atoms with Gasteiger partial charge in [0.2, 0.25) is 0 Å². The predicted octanol–water partition coefficient (Wildman–Crippen LogP) is 5.90. The minimum atomic E-state index is -0.739. The molecule has 0 aromatic heterocycles. The van der Waals surface area contributed by atoms with E-state index in [4.69, 9.17) is 19.3 Å². The summed E-state index contributed by atoms with van der Waals surface area (Å²) in [6, 6.07) is 0. The highest BCUT2D eigenvalue weighted by Gasteiger charge is 2.50. The third-order valence-electron chi connectivity index (χ3n) is 7.02. The van der Waals surface area contributed by atoms with Crippen LogP contribution in [0, 0.1) is 29.1 Å². The Labute approximate surface area is 184 Å². The number of ether oxygens (including phenoxy) is 3. The zero-order valence-corrected chi connectivity index (χ0v) is 20.4.